The van der Waals surface area contributed by atoms with E-state index >= 15 is 0 Å². The molecule has 0 radical (unpaired) electrons. The van der Waals surface area contributed by atoms with Crippen molar-refractivity contribution in [2.45, 2.75) is 44.8 Å². The number of nitrogens with zero attached hydrogens (tertiary/aromatic N) is 1. The summed E-state index contributed by atoms with van der Waals surface area (Å²) in [6, 6.07) is -0.388. The molecule has 1 aliphatic rings. The van der Waals surface area contributed by atoms with Crippen molar-refractivity contribution in [1.82, 2.24) is 9.97 Å². The van der Waals surface area contributed by atoms with E-state index in [2.05, 4.69) is 9.97 Å². The smallest absolute Gasteiger partial charge is 0.126 e. The van der Waals surface area contributed by atoms with E-state index in [1.165, 1.54) is 18.5 Å². The number of aliphatic hydroxyl groups is 1. The minimum atomic E-state index is -0.553. The summed E-state index contributed by atoms with van der Waals surface area (Å²) in [6.45, 7) is 1.69. The normalized spacial score (nSPS) is 20.2. The van der Waals surface area contributed by atoms with E-state index in [0.717, 1.165) is 24.4 Å². The molecule has 0 saturated heterocycles. The van der Waals surface area contributed by atoms with Crippen LogP contribution in [-0.4, -0.2) is 21.2 Å². The van der Waals surface area contributed by atoms with Gasteiger partial charge in [0.2, 0.25) is 0 Å². The highest BCUT2D eigenvalue weighted by atomic mass is 16.3. The molecule has 0 saturated carbocycles. The zero-order valence-electron chi connectivity index (χ0n) is 8.45. The molecule has 0 unspecified atom stereocenters. The first-order valence-electron chi connectivity index (χ1n) is 5.20. The molecule has 1 heterocycles. The van der Waals surface area contributed by atoms with Crippen LogP contribution in [0.4, 0.5) is 0 Å². The Morgan fingerprint density at radius 2 is 2.14 bits per heavy atom. The number of fused-ring (bicyclic) bond motifs is 1. The molecule has 2 atom stereocenters. The quantitative estimate of drug-likeness (QED) is 0.649. The van der Waals surface area contributed by atoms with Gasteiger partial charge >= 0.3 is 0 Å². The van der Waals surface area contributed by atoms with Crippen molar-refractivity contribution < 1.29 is 5.11 Å². The monoisotopic (exact) mass is 195 g/mol. The van der Waals surface area contributed by atoms with Crippen LogP contribution in [0.5, 0.6) is 0 Å². The van der Waals surface area contributed by atoms with Gasteiger partial charge in [0.1, 0.15) is 5.82 Å². The first kappa shape index (κ1) is 9.68. The van der Waals surface area contributed by atoms with Crippen LogP contribution >= 0.6 is 0 Å². The summed E-state index contributed by atoms with van der Waals surface area (Å²) in [7, 11) is 0. The fourth-order valence-electron chi connectivity index (χ4n) is 1.86. The van der Waals surface area contributed by atoms with Crippen molar-refractivity contribution in [1.29, 1.82) is 0 Å². The molecule has 4 heteroatoms. The zero-order chi connectivity index (χ0) is 10.1. The van der Waals surface area contributed by atoms with Crippen LogP contribution in [0.15, 0.2) is 0 Å². The molecular weight excluding hydrogens is 178 g/mol. The lowest BCUT2D eigenvalue weighted by Crippen LogP contribution is -2.24. The van der Waals surface area contributed by atoms with Gasteiger partial charge in [-0.25, -0.2) is 4.98 Å². The third-order valence-corrected chi connectivity index (χ3v) is 2.81. The Hall–Kier alpha value is -0.870. The number of nitrogens with one attached hydrogen (secondary N) is 1. The van der Waals surface area contributed by atoms with Crippen molar-refractivity contribution in [2.75, 3.05) is 0 Å². The molecule has 0 aliphatic heterocycles. The molecule has 0 fully saturated rings. The molecule has 1 aliphatic carbocycles. The number of H-pyrrole nitrogens is 1. The minimum Gasteiger partial charge on any atom is -0.391 e. The summed E-state index contributed by atoms with van der Waals surface area (Å²) in [4.78, 5) is 7.65. The number of aromatic nitrogens is 2. The van der Waals surface area contributed by atoms with E-state index in [9.17, 15) is 5.11 Å². The van der Waals surface area contributed by atoms with Gasteiger partial charge in [0, 0.05) is 5.69 Å². The Labute approximate surface area is 83.5 Å². The molecule has 4 nitrogen and oxygen atoms in total. The van der Waals surface area contributed by atoms with Crippen LogP contribution < -0.4 is 5.73 Å². The number of aryl methyl sites for hydroxylation is 2. The number of hydrogen-bond acceptors (Lipinski definition) is 3. The first-order valence-corrected chi connectivity index (χ1v) is 5.20. The highest BCUT2D eigenvalue weighted by Gasteiger charge is 2.20. The fourth-order valence-corrected chi connectivity index (χ4v) is 1.86. The number of imidazole rings is 1. The van der Waals surface area contributed by atoms with Crippen LogP contribution in [0.1, 0.15) is 43.0 Å². The molecule has 0 spiro atoms. The maximum atomic E-state index is 9.35. The second-order valence-electron chi connectivity index (χ2n) is 4.02. The van der Waals surface area contributed by atoms with Gasteiger partial charge < -0.3 is 15.8 Å². The third kappa shape index (κ3) is 1.67. The summed E-state index contributed by atoms with van der Waals surface area (Å²) in [6.07, 6.45) is 3.98. The van der Waals surface area contributed by atoms with Crippen molar-refractivity contribution in [3.8, 4) is 0 Å². The number of hydrogen-bond donors (Lipinski definition) is 3. The van der Waals surface area contributed by atoms with Crippen molar-refractivity contribution in [2.24, 2.45) is 5.73 Å². The van der Waals surface area contributed by atoms with Crippen LogP contribution in [0.2, 0.25) is 0 Å². The Balaban J connectivity index is 2.23. The molecule has 0 aromatic carbocycles. The van der Waals surface area contributed by atoms with Gasteiger partial charge in [0.05, 0.1) is 17.8 Å². The Morgan fingerprint density at radius 3 is 2.79 bits per heavy atom. The maximum Gasteiger partial charge on any atom is 0.126 e. The van der Waals surface area contributed by atoms with Crippen molar-refractivity contribution >= 4 is 0 Å². The van der Waals surface area contributed by atoms with E-state index in [1.54, 1.807) is 6.92 Å². The van der Waals surface area contributed by atoms with Crippen LogP contribution in [0.3, 0.4) is 0 Å². The van der Waals surface area contributed by atoms with Gasteiger partial charge in [-0.1, -0.05) is 0 Å². The Bertz CT molecular complexity index is 296. The predicted molar refractivity (Wildman–Crippen MR) is 53.8 cm³/mol. The SMILES string of the molecule is C[C@@H](O)[C@H](N)c1nc2c([nH]1)CCCC2. The second kappa shape index (κ2) is 3.71. The molecule has 2 rings (SSSR count). The first-order chi connectivity index (χ1) is 6.68. The average molecular weight is 195 g/mol. The summed E-state index contributed by atoms with van der Waals surface area (Å²) < 4.78 is 0. The standard InChI is InChI=1S/C10H17N3O/c1-6(14)9(11)10-12-7-4-2-3-5-8(7)13-10/h6,9,14H,2-5,11H2,1H3,(H,12,13)/t6-,9+/m1/s1. The minimum absolute atomic E-state index is 0.388. The van der Waals surface area contributed by atoms with Gasteiger partial charge in [-0.3, -0.25) is 0 Å². The fraction of sp³-hybridized carbons (Fsp3) is 0.700. The van der Waals surface area contributed by atoms with Gasteiger partial charge in [-0.2, -0.15) is 0 Å². The highest BCUT2D eigenvalue weighted by Crippen LogP contribution is 2.21. The molecule has 0 amide bonds. The van der Waals surface area contributed by atoms with Gasteiger partial charge in [0.15, 0.2) is 0 Å². The van der Waals surface area contributed by atoms with E-state index in [1.807, 2.05) is 0 Å². The molecular formula is C10H17N3O. The summed E-state index contributed by atoms with van der Waals surface area (Å²) in [5.41, 5.74) is 8.16. The van der Waals surface area contributed by atoms with Crippen LogP contribution in [0.25, 0.3) is 0 Å². The predicted octanol–water partition coefficient (Wildman–Crippen LogP) is 0.669. The number of aromatic amines is 1. The third-order valence-electron chi connectivity index (χ3n) is 2.81. The molecule has 14 heavy (non-hydrogen) atoms. The summed E-state index contributed by atoms with van der Waals surface area (Å²) >= 11 is 0. The largest absolute Gasteiger partial charge is 0.391 e. The Morgan fingerprint density at radius 1 is 1.43 bits per heavy atom. The number of nitrogens with two attached hydrogens (primary N) is 1. The van der Waals surface area contributed by atoms with Gasteiger partial charge in [0.25, 0.3) is 0 Å². The molecule has 0 bridgehead atoms. The van der Waals surface area contributed by atoms with Gasteiger partial charge in [-0.05, 0) is 32.6 Å². The molecule has 1 aromatic heterocycles. The Kier molecular flexibility index (Phi) is 2.56. The number of rotatable bonds is 2. The van der Waals surface area contributed by atoms with Crippen LogP contribution in [0, 0.1) is 0 Å². The second-order valence-corrected chi connectivity index (χ2v) is 4.02. The van der Waals surface area contributed by atoms with Gasteiger partial charge in [-0.15, -0.1) is 0 Å². The lowest BCUT2D eigenvalue weighted by Gasteiger charge is -2.10. The van der Waals surface area contributed by atoms with E-state index in [4.69, 9.17) is 5.73 Å². The molecule has 1 aromatic rings. The van der Waals surface area contributed by atoms with Crippen molar-refractivity contribution in [3.63, 3.8) is 0 Å². The topological polar surface area (TPSA) is 74.9 Å². The highest BCUT2D eigenvalue weighted by molar-refractivity contribution is 5.19. The lowest BCUT2D eigenvalue weighted by molar-refractivity contribution is 0.161. The van der Waals surface area contributed by atoms with E-state index in [-0.39, 0.29) is 6.04 Å². The van der Waals surface area contributed by atoms with E-state index in [0.29, 0.717) is 0 Å². The maximum absolute atomic E-state index is 9.35. The number of aliphatic hydroxyl groups excluding tert-OH is 1. The van der Waals surface area contributed by atoms with Crippen molar-refractivity contribution in [3.05, 3.63) is 17.2 Å². The van der Waals surface area contributed by atoms with E-state index < -0.39 is 6.10 Å². The zero-order valence-corrected chi connectivity index (χ0v) is 8.45. The molecule has 78 valence electrons. The summed E-state index contributed by atoms with van der Waals surface area (Å²) in [5, 5.41) is 9.35. The summed E-state index contributed by atoms with van der Waals surface area (Å²) in [5.74, 6) is 0.729. The average Bonchev–Trinajstić information content (AvgIpc) is 2.59. The van der Waals surface area contributed by atoms with Crippen LogP contribution in [-0.2, 0) is 12.8 Å². The lowest BCUT2D eigenvalue weighted by atomic mass is 10.0. The molecule has 4 N–H and O–H groups in total.